The van der Waals surface area contributed by atoms with E-state index in [1.54, 1.807) is 12.1 Å². The van der Waals surface area contributed by atoms with Gasteiger partial charge in [0.15, 0.2) is 11.6 Å². The van der Waals surface area contributed by atoms with Crippen molar-refractivity contribution in [2.75, 3.05) is 17.6 Å². The fourth-order valence-electron chi connectivity index (χ4n) is 4.92. The summed E-state index contributed by atoms with van der Waals surface area (Å²) < 4.78 is 42.1. The lowest BCUT2D eigenvalue weighted by molar-refractivity contribution is -0.123. The molecule has 0 saturated heterocycles. The van der Waals surface area contributed by atoms with Crippen LogP contribution in [0.2, 0.25) is 5.28 Å². The molecule has 2 aliphatic rings. The van der Waals surface area contributed by atoms with E-state index in [-0.39, 0.29) is 40.3 Å². The first-order valence-electron chi connectivity index (χ1n) is 9.75. The van der Waals surface area contributed by atoms with E-state index in [0.29, 0.717) is 18.5 Å². The predicted octanol–water partition coefficient (Wildman–Crippen LogP) is 1.37. The molecule has 5 unspecified atom stereocenters. The van der Waals surface area contributed by atoms with E-state index in [2.05, 4.69) is 20.0 Å². The van der Waals surface area contributed by atoms with Crippen LogP contribution in [0, 0.1) is 29.5 Å². The lowest BCUT2D eigenvalue weighted by Gasteiger charge is -2.35. The van der Waals surface area contributed by atoms with Gasteiger partial charge >= 0.3 is 0 Å². The Morgan fingerprint density at radius 1 is 1.32 bits per heavy atom. The Bertz CT molecular complexity index is 1120. The molecule has 6 N–H and O–H groups in total. The van der Waals surface area contributed by atoms with Crippen LogP contribution in [-0.2, 0) is 14.8 Å². The number of nitrogens with two attached hydrogens (primary N) is 2. The minimum absolute atomic E-state index is 0.0257. The standard InChI is InChI=1S/C19H22ClFN6O3S/c20-19-24-8-14(21)18(27-19)26-16-13-5-9(15(16)17(23)28)4-10(13)7-25-31(29,30)12-3-1-2-11(22)6-12/h1-3,6,8-10,13,15-16,25H,4-5,7,22H2,(H2,23,28)(H,24,26,27). The number of benzene rings is 1. The van der Waals surface area contributed by atoms with Crippen molar-refractivity contribution in [3.63, 3.8) is 0 Å². The number of rotatable bonds is 7. The Hall–Kier alpha value is -2.50. The van der Waals surface area contributed by atoms with Gasteiger partial charge in [0.1, 0.15) is 0 Å². The number of nitrogens with zero attached hydrogens (tertiary/aromatic N) is 2. The summed E-state index contributed by atoms with van der Waals surface area (Å²) in [6, 6.07) is 5.54. The molecule has 2 saturated carbocycles. The van der Waals surface area contributed by atoms with Gasteiger partial charge in [0.2, 0.25) is 21.2 Å². The summed E-state index contributed by atoms with van der Waals surface area (Å²) in [7, 11) is -3.75. The molecule has 0 aliphatic heterocycles. The second-order valence-corrected chi connectivity index (χ2v) is 10.1. The minimum atomic E-state index is -3.75. The molecule has 1 aromatic carbocycles. The molecule has 2 fully saturated rings. The van der Waals surface area contributed by atoms with E-state index in [1.165, 1.54) is 12.1 Å². The second kappa shape index (κ2) is 8.21. The van der Waals surface area contributed by atoms with E-state index in [0.717, 1.165) is 6.20 Å². The molecule has 1 aromatic heterocycles. The molecule has 0 spiro atoms. The summed E-state index contributed by atoms with van der Waals surface area (Å²) in [5.74, 6) is -1.99. The maximum atomic E-state index is 14.2. The lowest BCUT2D eigenvalue weighted by Crippen LogP contribution is -2.47. The molecule has 12 heteroatoms. The van der Waals surface area contributed by atoms with Gasteiger partial charge in [0.05, 0.1) is 17.0 Å². The zero-order chi connectivity index (χ0) is 22.3. The minimum Gasteiger partial charge on any atom is -0.399 e. The number of hydrogen-bond donors (Lipinski definition) is 4. The number of fused-ring (bicyclic) bond motifs is 2. The highest BCUT2D eigenvalue weighted by Gasteiger charge is 2.55. The molecular formula is C19H22ClFN6O3S. The predicted molar refractivity (Wildman–Crippen MR) is 113 cm³/mol. The largest absolute Gasteiger partial charge is 0.399 e. The molecule has 5 atom stereocenters. The van der Waals surface area contributed by atoms with Gasteiger partial charge in [0.25, 0.3) is 0 Å². The smallest absolute Gasteiger partial charge is 0.240 e. The first-order valence-corrected chi connectivity index (χ1v) is 11.6. The van der Waals surface area contributed by atoms with Gasteiger partial charge in [-0.05, 0) is 60.4 Å². The molecule has 4 rings (SSSR count). The van der Waals surface area contributed by atoms with Crippen molar-refractivity contribution in [2.45, 2.75) is 23.8 Å². The summed E-state index contributed by atoms with van der Waals surface area (Å²) in [6.45, 7) is 0.176. The van der Waals surface area contributed by atoms with Crippen molar-refractivity contribution in [2.24, 2.45) is 29.4 Å². The highest BCUT2D eigenvalue weighted by Crippen LogP contribution is 2.52. The van der Waals surface area contributed by atoms with E-state index in [1.807, 2.05) is 0 Å². The fraction of sp³-hybridized carbons (Fsp3) is 0.421. The quantitative estimate of drug-likeness (QED) is 0.353. The van der Waals surface area contributed by atoms with Crippen LogP contribution in [0.4, 0.5) is 15.9 Å². The number of carbonyl (C=O) groups excluding carboxylic acids is 1. The monoisotopic (exact) mass is 468 g/mol. The molecule has 1 amide bonds. The maximum Gasteiger partial charge on any atom is 0.240 e. The summed E-state index contributed by atoms with van der Waals surface area (Å²) in [4.78, 5) is 19.6. The molecule has 2 aliphatic carbocycles. The second-order valence-electron chi connectivity index (χ2n) is 8.01. The molecular weight excluding hydrogens is 447 g/mol. The van der Waals surface area contributed by atoms with E-state index >= 15 is 0 Å². The Labute approximate surface area is 183 Å². The Morgan fingerprint density at radius 3 is 2.81 bits per heavy atom. The lowest BCUT2D eigenvalue weighted by atomic mass is 9.78. The Kier molecular flexibility index (Phi) is 5.75. The molecule has 1 heterocycles. The van der Waals surface area contributed by atoms with Gasteiger partial charge in [-0.25, -0.2) is 22.5 Å². The van der Waals surface area contributed by atoms with Gasteiger partial charge in [0, 0.05) is 18.3 Å². The van der Waals surface area contributed by atoms with Crippen LogP contribution in [0.15, 0.2) is 35.4 Å². The van der Waals surface area contributed by atoms with Gasteiger partial charge in [-0.15, -0.1) is 0 Å². The number of sulfonamides is 1. The summed E-state index contributed by atoms with van der Waals surface area (Å²) in [5, 5.41) is 2.84. The van der Waals surface area contributed by atoms with E-state index in [9.17, 15) is 17.6 Å². The SMILES string of the molecule is NC(=O)C1C2CC(CNS(=O)(=O)c3cccc(N)c3)C(C2)C1Nc1nc(Cl)ncc1F. The van der Waals surface area contributed by atoms with Crippen LogP contribution in [-0.4, -0.2) is 36.9 Å². The molecule has 31 heavy (non-hydrogen) atoms. The third kappa shape index (κ3) is 4.30. The topological polar surface area (TPSA) is 153 Å². The highest BCUT2D eigenvalue weighted by molar-refractivity contribution is 7.89. The van der Waals surface area contributed by atoms with Crippen LogP contribution < -0.4 is 21.5 Å². The van der Waals surface area contributed by atoms with Gasteiger partial charge in [-0.3, -0.25) is 4.79 Å². The zero-order valence-electron chi connectivity index (χ0n) is 16.3. The van der Waals surface area contributed by atoms with Crippen molar-refractivity contribution < 1.29 is 17.6 Å². The van der Waals surface area contributed by atoms with E-state index < -0.39 is 33.7 Å². The molecule has 166 valence electrons. The van der Waals surface area contributed by atoms with Crippen molar-refractivity contribution in [3.05, 3.63) is 41.6 Å². The Balaban J connectivity index is 1.51. The fourth-order valence-corrected chi connectivity index (χ4v) is 6.20. The first-order chi connectivity index (χ1) is 14.7. The number of nitrogen functional groups attached to an aromatic ring is 1. The number of carbonyl (C=O) groups is 1. The summed E-state index contributed by atoms with van der Waals surface area (Å²) in [6.07, 6.45) is 2.26. The number of halogens is 2. The number of primary amides is 1. The highest BCUT2D eigenvalue weighted by atomic mass is 35.5. The van der Waals surface area contributed by atoms with Crippen molar-refractivity contribution in [1.82, 2.24) is 14.7 Å². The van der Waals surface area contributed by atoms with Crippen LogP contribution in [0.3, 0.4) is 0 Å². The van der Waals surface area contributed by atoms with Crippen molar-refractivity contribution in [1.29, 1.82) is 0 Å². The number of amides is 1. The van der Waals surface area contributed by atoms with Gasteiger partial charge in [-0.2, -0.15) is 4.98 Å². The molecule has 2 aromatic rings. The summed E-state index contributed by atoms with van der Waals surface area (Å²) in [5.41, 5.74) is 11.7. The van der Waals surface area contributed by atoms with Crippen LogP contribution in [0.1, 0.15) is 12.8 Å². The third-order valence-corrected chi connectivity index (χ3v) is 7.80. The normalized spacial score (nSPS) is 27.4. The van der Waals surface area contributed by atoms with Crippen LogP contribution in [0.25, 0.3) is 0 Å². The Morgan fingerprint density at radius 2 is 2.10 bits per heavy atom. The first kappa shape index (κ1) is 21.7. The molecule has 9 nitrogen and oxygen atoms in total. The third-order valence-electron chi connectivity index (χ3n) is 6.19. The van der Waals surface area contributed by atoms with Crippen molar-refractivity contribution >= 4 is 39.0 Å². The average molecular weight is 469 g/mol. The summed E-state index contributed by atoms with van der Waals surface area (Å²) >= 11 is 5.77. The average Bonchev–Trinajstić information content (AvgIpc) is 3.27. The molecule has 2 bridgehead atoms. The maximum absolute atomic E-state index is 14.2. The van der Waals surface area contributed by atoms with Crippen LogP contribution >= 0.6 is 11.6 Å². The van der Waals surface area contributed by atoms with Crippen LogP contribution in [0.5, 0.6) is 0 Å². The number of nitrogens with one attached hydrogen (secondary N) is 2. The number of aromatic nitrogens is 2. The van der Waals surface area contributed by atoms with Crippen molar-refractivity contribution in [3.8, 4) is 0 Å². The van der Waals surface area contributed by atoms with Gasteiger partial charge < -0.3 is 16.8 Å². The zero-order valence-corrected chi connectivity index (χ0v) is 17.9. The number of hydrogen-bond acceptors (Lipinski definition) is 7. The molecule has 0 radical (unpaired) electrons. The number of anilines is 2. The van der Waals surface area contributed by atoms with E-state index in [4.69, 9.17) is 23.1 Å². The van der Waals surface area contributed by atoms with Gasteiger partial charge in [-0.1, -0.05) is 6.07 Å².